The van der Waals surface area contributed by atoms with Crippen molar-refractivity contribution in [1.82, 2.24) is 14.9 Å². The Bertz CT molecular complexity index is 1250. The van der Waals surface area contributed by atoms with E-state index in [0.29, 0.717) is 33.1 Å². The lowest BCUT2D eigenvalue weighted by Gasteiger charge is -2.12. The second-order valence-corrected chi connectivity index (χ2v) is 8.95. The fourth-order valence-corrected chi connectivity index (χ4v) is 4.41. The topological polar surface area (TPSA) is 56.2 Å². The number of fused-ring (bicyclic) bond motifs is 1. The maximum absolute atomic E-state index is 6.30. The van der Waals surface area contributed by atoms with Crippen molar-refractivity contribution in [3.63, 3.8) is 0 Å². The summed E-state index contributed by atoms with van der Waals surface area (Å²) >= 11 is 17.4. The molecule has 3 heterocycles. The average Bonchev–Trinajstić information content (AvgIpc) is 3.37. The summed E-state index contributed by atoms with van der Waals surface area (Å²) < 4.78 is 8.80. The van der Waals surface area contributed by atoms with Gasteiger partial charge in [0.2, 0.25) is 5.16 Å². The molecule has 1 aliphatic heterocycles. The van der Waals surface area contributed by atoms with Gasteiger partial charge in [-0.05, 0) is 42.5 Å². The fourth-order valence-electron chi connectivity index (χ4n) is 2.95. The molecule has 5 rings (SSSR count). The number of benzene rings is 2. The highest BCUT2D eigenvalue weighted by Crippen LogP contribution is 2.34. The van der Waals surface area contributed by atoms with Crippen LogP contribution in [0.5, 0.6) is 0 Å². The van der Waals surface area contributed by atoms with Crippen LogP contribution in [0.25, 0.3) is 22.7 Å². The smallest absolute Gasteiger partial charge is 0.212 e. The summed E-state index contributed by atoms with van der Waals surface area (Å²) in [6.45, 7) is 0. The normalized spacial score (nSPS) is 13.3. The number of rotatable bonds is 3. The summed E-state index contributed by atoms with van der Waals surface area (Å²) in [5.41, 5.74) is 2.48. The molecule has 144 valence electrons. The zero-order valence-corrected chi connectivity index (χ0v) is 18.6. The molecule has 9 heteroatoms. The van der Waals surface area contributed by atoms with E-state index in [0.717, 1.165) is 26.5 Å². The van der Waals surface area contributed by atoms with E-state index in [-0.39, 0.29) is 0 Å². The second-order valence-electron chi connectivity index (χ2n) is 6.25. The van der Waals surface area contributed by atoms with Gasteiger partial charge >= 0.3 is 0 Å². The summed E-state index contributed by atoms with van der Waals surface area (Å²) in [5.74, 6) is 2.63. The third kappa shape index (κ3) is 3.64. The Morgan fingerprint density at radius 1 is 0.966 bits per heavy atom. The van der Waals surface area contributed by atoms with E-state index in [1.807, 2.05) is 36.4 Å². The Labute approximate surface area is 188 Å². The number of nitrogens with zero attached hydrogens (tertiary/aromatic N) is 4. The van der Waals surface area contributed by atoms with Crippen LogP contribution in [0.15, 0.2) is 73.7 Å². The number of hydrogen-bond donors (Lipinski definition) is 0. The van der Waals surface area contributed by atoms with Gasteiger partial charge in [-0.15, -0.1) is 10.2 Å². The first-order valence-corrected chi connectivity index (χ1v) is 11.1. The molecule has 2 aromatic carbocycles. The van der Waals surface area contributed by atoms with Crippen LogP contribution in [0.3, 0.4) is 0 Å². The molecule has 0 unspecified atom stereocenters. The Morgan fingerprint density at radius 3 is 2.59 bits per heavy atom. The van der Waals surface area contributed by atoms with E-state index in [4.69, 9.17) is 32.7 Å². The van der Waals surface area contributed by atoms with Crippen molar-refractivity contribution in [1.29, 1.82) is 0 Å². The van der Waals surface area contributed by atoms with Gasteiger partial charge in [-0.1, -0.05) is 63.0 Å². The molecule has 0 fully saturated rings. The molecular formula is C20H11BrCl2N4OS. The maximum Gasteiger partial charge on any atom is 0.212 e. The highest BCUT2D eigenvalue weighted by Gasteiger charge is 2.23. The molecule has 0 saturated carbocycles. The molecule has 0 atom stereocenters. The quantitative estimate of drug-likeness (QED) is 0.313. The Hall–Kier alpha value is -2.06. The number of aromatic nitrogens is 3. The van der Waals surface area contributed by atoms with Crippen LogP contribution in [-0.4, -0.2) is 26.3 Å². The van der Waals surface area contributed by atoms with Crippen molar-refractivity contribution >= 4 is 56.6 Å². The van der Waals surface area contributed by atoms with Gasteiger partial charge in [0, 0.05) is 26.4 Å². The molecule has 0 saturated heterocycles. The summed E-state index contributed by atoms with van der Waals surface area (Å²) in [7, 11) is 0. The monoisotopic (exact) mass is 504 g/mol. The van der Waals surface area contributed by atoms with Gasteiger partial charge in [-0.2, -0.15) is 9.78 Å². The van der Waals surface area contributed by atoms with Crippen LogP contribution in [-0.2, 0) is 0 Å². The molecule has 0 radical (unpaired) electrons. The molecule has 1 aliphatic rings. The second kappa shape index (κ2) is 7.65. The third-order valence-electron chi connectivity index (χ3n) is 4.36. The Kier molecular flexibility index (Phi) is 4.99. The van der Waals surface area contributed by atoms with E-state index in [9.17, 15) is 0 Å². The number of thioether (sulfide) groups is 1. The summed E-state index contributed by atoms with van der Waals surface area (Å²) in [6.07, 6.45) is 0. The van der Waals surface area contributed by atoms with Gasteiger partial charge in [0.1, 0.15) is 11.5 Å². The maximum atomic E-state index is 6.30. The molecule has 5 nitrogen and oxygen atoms in total. The van der Waals surface area contributed by atoms with Gasteiger partial charge in [-0.3, -0.25) is 0 Å². The molecule has 0 bridgehead atoms. The third-order valence-corrected chi connectivity index (χ3v) is 6.38. The minimum Gasteiger partial charge on any atom is -0.455 e. The fraction of sp³-hybridized carbons (Fsp3) is 0.0500. The van der Waals surface area contributed by atoms with Crippen molar-refractivity contribution in [3.8, 4) is 22.7 Å². The molecule has 0 amide bonds. The minimum atomic E-state index is 0.578. The molecule has 29 heavy (non-hydrogen) atoms. The Balaban J connectivity index is 1.52. The van der Waals surface area contributed by atoms with Crippen LogP contribution in [0.2, 0.25) is 10.0 Å². The molecule has 0 N–H and O–H groups in total. The van der Waals surface area contributed by atoms with E-state index >= 15 is 0 Å². The van der Waals surface area contributed by atoms with Crippen LogP contribution in [0, 0.1) is 0 Å². The lowest BCUT2D eigenvalue weighted by Crippen LogP contribution is -2.13. The summed E-state index contributed by atoms with van der Waals surface area (Å²) in [4.78, 5) is 0. The minimum absolute atomic E-state index is 0.578. The first-order valence-electron chi connectivity index (χ1n) is 8.56. The lowest BCUT2D eigenvalue weighted by molar-refractivity contribution is 0.570. The lowest BCUT2D eigenvalue weighted by atomic mass is 10.2. The van der Waals surface area contributed by atoms with Gasteiger partial charge in [-0.25, -0.2) is 0 Å². The molecule has 0 aliphatic carbocycles. The van der Waals surface area contributed by atoms with E-state index in [1.54, 1.807) is 34.6 Å². The molecule has 0 spiro atoms. The van der Waals surface area contributed by atoms with Crippen LogP contribution >= 0.6 is 50.9 Å². The van der Waals surface area contributed by atoms with E-state index < -0.39 is 0 Å². The van der Waals surface area contributed by atoms with Gasteiger partial charge in [0.25, 0.3) is 0 Å². The summed E-state index contributed by atoms with van der Waals surface area (Å²) in [6, 6.07) is 16.9. The van der Waals surface area contributed by atoms with Gasteiger partial charge < -0.3 is 4.42 Å². The standard InChI is InChI=1S/C20H11BrCl2N4OS/c21-12-3-1-11(2-4-12)19-24-25-20-27(19)26-16(10-29-20)18-8-7-17(28-18)14-9-13(22)5-6-15(14)23/h1-9H,10H2. The molecule has 2 aromatic heterocycles. The number of hydrogen-bond acceptors (Lipinski definition) is 5. The highest BCUT2D eigenvalue weighted by atomic mass is 79.9. The molecular weight excluding hydrogens is 495 g/mol. The van der Waals surface area contributed by atoms with Crippen molar-refractivity contribution in [2.75, 3.05) is 5.75 Å². The van der Waals surface area contributed by atoms with Crippen molar-refractivity contribution < 1.29 is 4.42 Å². The predicted octanol–water partition coefficient (Wildman–Crippen LogP) is 6.63. The van der Waals surface area contributed by atoms with Crippen LogP contribution in [0.1, 0.15) is 5.76 Å². The zero-order valence-electron chi connectivity index (χ0n) is 14.6. The van der Waals surface area contributed by atoms with Crippen molar-refractivity contribution in [3.05, 3.63) is 74.9 Å². The summed E-state index contributed by atoms with van der Waals surface area (Å²) in [5, 5.41) is 15.2. The SMILES string of the molecule is Clc1ccc(Cl)c(-c2ccc(C3=Nn4c(nnc4-c4ccc(Br)cc4)SC3)o2)c1. The number of furan rings is 1. The van der Waals surface area contributed by atoms with Crippen LogP contribution < -0.4 is 0 Å². The van der Waals surface area contributed by atoms with E-state index in [2.05, 4.69) is 26.1 Å². The van der Waals surface area contributed by atoms with Crippen molar-refractivity contribution in [2.24, 2.45) is 5.10 Å². The Morgan fingerprint density at radius 2 is 1.76 bits per heavy atom. The first kappa shape index (κ1) is 18.9. The van der Waals surface area contributed by atoms with Crippen LogP contribution in [0.4, 0.5) is 0 Å². The first-order chi connectivity index (χ1) is 14.1. The largest absolute Gasteiger partial charge is 0.455 e. The molecule has 4 aromatic rings. The van der Waals surface area contributed by atoms with Crippen molar-refractivity contribution in [2.45, 2.75) is 5.16 Å². The van der Waals surface area contributed by atoms with Gasteiger partial charge in [0.15, 0.2) is 11.6 Å². The average molecular weight is 506 g/mol. The highest BCUT2D eigenvalue weighted by molar-refractivity contribution is 9.10. The van der Waals surface area contributed by atoms with Gasteiger partial charge in [0.05, 0.1) is 5.02 Å². The number of halogens is 3. The van der Waals surface area contributed by atoms with E-state index in [1.165, 1.54) is 0 Å². The zero-order chi connectivity index (χ0) is 20.0. The predicted molar refractivity (Wildman–Crippen MR) is 120 cm³/mol.